The highest BCUT2D eigenvalue weighted by Crippen LogP contribution is 2.34. The quantitative estimate of drug-likeness (QED) is 0.713. The summed E-state index contributed by atoms with van der Waals surface area (Å²) in [5, 5.41) is 7.79. The maximum atomic E-state index is 13.2. The van der Waals surface area contributed by atoms with Gasteiger partial charge in [-0.2, -0.15) is 0 Å². The van der Waals surface area contributed by atoms with Crippen LogP contribution in [0.25, 0.3) is 0 Å². The molecule has 1 aromatic carbocycles. The van der Waals surface area contributed by atoms with E-state index in [2.05, 4.69) is 10.6 Å². The fourth-order valence-electron chi connectivity index (χ4n) is 2.53. The number of halogens is 1. The maximum Gasteiger partial charge on any atom is 0.237 e. The number of carbonyl (C=O) groups excluding carboxylic acids is 2. The number of amides is 2. The van der Waals surface area contributed by atoms with Gasteiger partial charge in [-0.1, -0.05) is 18.2 Å². The van der Waals surface area contributed by atoms with Crippen LogP contribution in [0.15, 0.2) is 41.8 Å². The molecule has 24 heavy (non-hydrogen) atoms. The van der Waals surface area contributed by atoms with Crippen LogP contribution in [-0.2, 0) is 9.59 Å². The van der Waals surface area contributed by atoms with Gasteiger partial charge in [0, 0.05) is 4.88 Å². The van der Waals surface area contributed by atoms with Crippen LogP contribution >= 0.6 is 11.3 Å². The van der Waals surface area contributed by atoms with Crippen molar-refractivity contribution in [2.24, 2.45) is 5.73 Å². The fourth-order valence-corrected chi connectivity index (χ4v) is 3.33. The molecule has 1 aromatic heterocycles. The van der Waals surface area contributed by atoms with Crippen molar-refractivity contribution in [2.45, 2.75) is 24.4 Å². The maximum absolute atomic E-state index is 13.2. The lowest BCUT2D eigenvalue weighted by molar-refractivity contribution is -0.122. The largest absolute Gasteiger partial charge is 0.368 e. The topological polar surface area (TPSA) is 84.2 Å². The number of nitrogens with two attached hydrogens (primary N) is 1. The number of thiophene rings is 1. The second-order valence-electron chi connectivity index (χ2n) is 5.87. The number of hydrogen-bond acceptors (Lipinski definition) is 4. The molecule has 0 saturated heterocycles. The third kappa shape index (κ3) is 3.63. The van der Waals surface area contributed by atoms with E-state index in [9.17, 15) is 14.0 Å². The Morgan fingerprint density at radius 1 is 1.25 bits per heavy atom. The summed E-state index contributed by atoms with van der Waals surface area (Å²) >= 11 is 1.51. The van der Waals surface area contributed by atoms with Gasteiger partial charge >= 0.3 is 0 Å². The van der Waals surface area contributed by atoms with Crippen molar-refractivity contribution >= 4 is 23.2 Å². The molecule has 1 aliphatic rings. The lowest BCUT2D eigenvalue weighted by atomic mass is 10.1. The smallest absolute Gasteiger partial charge is 0.237 e. The number of hydrogen-bond donors (Lipinski definition) is 3. The molecule has 1 fully saturated rings. The SMILES string of the molecule is NC(=O)C1(NCC(=O)N[C@H](c2ccc(F)cc2)c2cccs2)CC1. The van der Waals surface area contributed by atoms with E-state index in [1.165, 1.54) is 23.5 Å². The number of benzene rings is 1. The minimum Gasteiger partial charge on any atom is -0.368 e. The van der Waals surface area contributed by atoms with Crippen LogP contribution in [0.2, 0.25) is 0 Å². The minimum atomic E-state index is -0.731. The van der Waals surface area contributed by atoms with Crippen LogP contribution in [0, 0.1) is 5.82 Å². The molecule has 2 aromatic rings. The molecule has 3 rings (SSSR count). The Morgan fingerprint density at radius 3 is 2.50 bits per heavy atom. The van der Waals surface area contributed by atoms with Crippen molar-refractivity contribution < 1.29 is 14.0 Å². The van der Waals surface area contributed by atoms with E-state index in [0.717, 1.165) is 10.4 Å². The molecule has 2 amide bonds. The van der Waals surface area contributed by atoms with Gasteiger partial charge in [-0.25, -0.2) is 4.39 Å². The zero-order chi connectivity index (χ0) is 17.2. The molecule has 1 aliphatic carbocycles. The first-order valence-corrected chi connectivity index (χ1v) is 8.51. The first-order chi connectivity index (χ1) is 11.5. The molecule has 0 aliphatic heterocycles. The monoisotopic (exact) mass is 347 g/mol. The van der Waals surface area contributed by atoms with E-state index >= 15 is 0 Å². The third-order valence-electron chi connectivity index (χ3n) is 4.15. The van der Waals surface area contributed by atoms with Crippen LogP contribution in [0.3, 0.4) is 0 Å². The van der Waals surface area contributed by atoms with Crippen molar-refractivity contribution in [1.82, 2.24) is 10.6 Å². The van der Waals surface area contributed by atoms with Crippen LogP contribution in [0.1, 0.15) is 29.3 Å². The molecule has 0 radical (unpaired) electrons. The van der Waals surface area contributed by atoms with Gasteiger partial charge in [-0.05, 0) is 42.0 Å². The van der Waals surface area contributed by atoms with Gasteiger partial charge in [0.05, 0.1) is 18.1 Å². The Kier molecular flexibility index (Phi) is 4.64. The highest BCUT2D eigenvalue weighted by atomic mass is 32.1. The molecule has 7 heteroatoms. The molecule has 1 atom stereocenters. The number of primary amides is 1. The average molecular weight is 347 g/mol. The molecular formula is C17H18FN3O2S. The standard InChI is InChI=1S/C17H18FN3O2S/c18-12-5-3-11(4-6-12)15(13-2-1-9-24-13)21-14(22)10-20-17(7-8-17)16(19)23/h1-6,9,15,20H,7-8,10H2,(H2,19,23)(H,21,22)/t15-/m1/s1. The first kappa shape index (κ1) is 16.6. The number of rotatable bonds is 7. The lowest BCUT2D eigenvalue weighted by Crippen LogP contribution is -2.48. The van der Waals surface area contributed by atoms with Crippen LogP contribution in [0.4, 0.5) is 4.39 Å². The zero-order valence-corrected chi connectivity index (χ0v) is 13.7. The van der Waals surface area contributed by atoms with E-state index in [4.69, 9.17) is 5.73 Å². The number of carbonyl (C=O) groups is 2. The van der Waals surface area contributed by atoms with Crippen LogP contribution in [-0.4, -0.2) is 23.9 Å². The molecule has 1 heterocycles. The molecule has 0 bridgehead atoms. The molecule has 5 nitrogen and oxygen atoms in total. The summed E-state index contributed by atoms with van der Waals surface area (Å²) in [6.45, 7) is 0.00596. The van der Waals surface area contributed by atoms with E-state index < -0.39 is 11.4 Å². The Bertz CT molecular complexity index is 727. The second kappa shape index (κ2) is 6.70. The fraction of sp³-hybridized carbons (Fsp3) is 0.294. The summed E-state index contributed by atoms with van der Waals surface area (Å²) in [5.41, 5.74) is 5.40. The minimum absolute atomic E-state index is 0.00596. The Hall–Kier alpha value is -2.25. The summed E-state index contributed by atoms with van der Waals surface area (Å²) in [7, 11) is 0. The number of nitrogens with one attached hydrogen (secondary N) is 2. The highest BCUT2D eigenvalue weighted by molar-refractivity contribution is 7.10. The predicted octanol–water partition coefficient (Wildman–Crippen LogP) is 1.70. The van der Waals surface area contributed by atoms with Crippen molar-refractivity contribution in [1.29, 1.82) is 0 Å². The van der Waals surface area contributed by atoms with Crippen molar-refractivity contribution in [3.63, 3.8) is 0 Å². The second-order valence-corrected chi connectivity index (χ2v) is 6.85. The van der Waals surface area contributed by atoms with Gasteiger partial charge in [0.2, 0.25) is 11.8 Å². The average Bonchev–Trinajstić information content (AvgIpc) is 3.18. The van der Waals surface area contributed by atoms with E-state index in [-0.39, 0.29) is 24.3 Å². The molecule has 126 valence electrons. The normalized spacial score (nSPS) is 16.4. The summed E-state index contributed by atoms with van der Waals surface area (Å²) in [4.78, 5) is 24.6. The Labute approximate surface area is 143 Å². The van der Waals surface area contributed by atoms with Crippen molar-refractivity contribution in [3.8, 4) is 0 Å². The molecule has 4 N–H and O–H groups in total. The van der Waals surface area contributed by atoms with Gasteiger partial charge in [-0.15, -0.1) is 11.3 Å². The van der Waals surface area contributed by atoms with Gasteiger partial charge < -0.3 is 11.1 Å². The third-order valence-corrected chi connectivity index (χ3v) is 5.08. The molecular weight excluding hydrogens is 329 g/mol. The summed E-state index contributed by atoms with van der Waals surface area (Å²) in [6, 6.07) is 9.49. The molecule has 0 unspecified atom stereocenters. The van der Waals surface area contributed by atoms with E-state index in [1.807, 2.05) is 17.5 Å². The predicted molar refractivity (Wildman–Crippen MR) is 89.9 cm³/mol. The van der Waals surface area contributed by atoms with E-state index in [1.54, 1.807) is 12.1 Å². The Balaban J connectivity index is 1.69. The highest BCUT2D eigenvalue weighted by Gasteiger charge is 2.48. The van der Waals surface area contributed by atoms with Gasteiger partial charge in [0.15, 0.2) is 0 Å². The summed E-state index contributed by atoms with van der Waals surface area (Å²) < 4.78 is 13.2. The zero-order valence-electron chi connectivity index (χ0n) is 12.9. The molecule has 0 spiro atoms. The Morgan fingerprint density at radius 2 is 1.96 bits per heavy atom. The van der Waals surface area contributed by atoms with Gasteiger partial charge in [-0.3, -0.25) is 14.9 Å². The van der Waals surface area contributed by atoms with Crippen LogP contribution in [0.5, 0.6) is 0 Å². The molecule has 1 saturated carbocycles. The first-order valence-electron chi connectivity index (χ1n) is 7.63. The van der Waals surface area contributed by atoms with Crippen LogP contribution < -0.4 is 16.4 Å². The van der Waals surface area contributed by atoms with Crippen molar-refractivity contribution in [2.75, 3.05) is 6.54 Å². The van der Waals surface area contributed by atoms with Gasteiger partial charge in [0.25, 0.3) is 0 Å². The summed E-state index contributed by atoms with van der Waals surface area (Å²) in [5.74, 6) is -0.998. The van der Waals surface area contributed by atoms with Gasteiger partial charge in [0.1, 0.15) is 5.82 Å². The summed E-state index contributed by atoms with van der Waals surface area (Å²) in [6.07, 6.45) is 1.31. The van der Waals surface area contributed by atoms with Crippen molar-refractivity contribution in [3.05, 3.63) is 58.0 Å². The van der Waals surface area contributed by atoms with E-state index in [0.29, 0.717) is 12.8 Å². The lowest BCUT2D eigenvalue weighted by Gasteiger charge is -2.19.